The third-order valence-corrected chi connectivity index (χ3v) is 3.73. The lowest BCUT2D eigenvalue weighted by molar-refractivity contribution is -0.254. The molecule has 0 saturated heterocycles. The highest BCUT2D eigenvalue weighted by Gasteiger charge is 2.63. The molecule has 0 fully saturated rings. The van der Waals surface area contributed by atoms with E-state index in [0.29, 0.717) is 10.2 Å². The summed E-state index contributed by atoms with van der Waals surface area (Å²) in [7, 11) is 0.845. The number of carbonyl (C=O) groups excluding carboxylic acids is 1. The minimum Gasteiger partial charge on any atom is -0.356 e. The van der Waals surface area contributed by atoms with E-state index in [-0.39, 0.29) is 11.1 Å². The van der Waals surface area contributed by atoms with Crippen molar-refractivity contribution in [2.75, 3.05) is 7.11 Å². The van der Waals surface area contributed by atoms with Crippen LogP contribution < -0.4 is 0 Å². The lowest BCUT2D eigenvalue weighted by atomic mass is 9.91. The number of ether oxygens (including phenoxy) is 1. The number of carbonyl (C=O) groups is 1. The highest BCUT2D eigenvalue weighted by atomic mass is 19.4. The van der Waals surface area contributed by atoms with Crippen LogP contribution in [0.25, 0.3) is 11.0 Å². The zero-order valence-corrected chi connectivity index (χ0v) is 12.5. The standard InChI is InChI=1S/C16H12F3N3O2/c1-24-15(16(17,18)19,11-7-3-2-4-8-11)14(23)22-13-10-6-5-9-12(13)20-21-22/h2-10H,1H3. The Morgan fingerprint density at radius 3 is 2.29 bits per heavy atom. The van der Waals surface area contributed by atoms with Gasteiger partial charge in [0.2, 0.25) is 0 Å². The number of aromatic nitrogens is 3. The monoisotopic (exact) mass is 335 g/mol. The molecule has 1 heterocycles. The van der Waals surface area contributed by atoms with Gasteiger partial charge in [0.25, 0.3) is 11.5 Å². The molecule has 0 saturated carbocycles. The summed E-state index contributed by atoms with van der Waals surface area (Å²) >= 11 is 0. The molecule has 3 aromatic rings. The first kappa shape index (κ1) is 16.1. The van der Waals surface area contributed by atoms with E-state index in [1.54, 1.807) is 24.3 Å². The fourth-order valence-corrected chi connectivity index (χ4v) is 2.57. The molecular formula is C16H12F3N3O2. The molecule has 8 heteroatoms. The molecule has 1 unspecified atom stereocenters. The zero-order chi connectivity index (χ0) is 17.4. The van der Waals surface area contributed by atoms with Crippen molar-refractivity contribution in [3.05, 3.63) is 60.2 Å². The lowest BCUT2D eigenvalue weighted by Crippen LogP contribution is -2.53. The highest BCUT2D eigenvalue weighted by Crippen LogP contribution is 2.43. The van der Waals surface area contributed by atoms with Gasteiger partial charge in [0.05, 0.1) is 5.52 Å². The first-order valence-electron chi connectivity index (χ1n) is 6.94. The predicted molar refractivity (Wildman–Crippen MR) is 79.3 cm³/mol. The number of para-hydroxylation sites is 1. The summed E-state index contributed by atoms with van der Waals surface area (Å²) < 4.78 is 47.1. The Morgan fingerprint density at radius 2 is 1.67 bits per heavy atom. The van der Waals surface area contributed by atoms with Crippen molar-refractivity contribution in [3.8, 4) is 0 Å². The second kappa shape index (κ2) is 5.72. The Bertz CT molecular complexity index is 877. The molecule has 0 radical (unpaired) electrons. The van der Waals surface area contributed by atoms with Crippen LogP contribution in [0.15, 0.2) is 54.6 Å². The molecule has 0 aliphatic rings. The van der Waals surface area contributed by atoms with Crippen molar-refractivity contribution in [3.63, 3.8) is 0 Å². The number of hydrogen-bond donors (Lipinski definition) is 0. The fraction of sp³-hybridized carbons (Fsp3) is 0.188. The summed E-state index contributed by atoms with van der Waals surface area (Å²) in [5.74, 6) is -1.38. The molecule has 124 valence electrons. The van der Waals surface area contributed by atoms with E-state index in [2.05, 4.69) is 10.3 Å². The quantitative estimate of drug-likeness (QED) is 0.738. The van der Waals surface area contributed by atoms with Crippen LogP contribution in [-0.4, -0.2) is 34.2 Å². The molecule has 0 amide bonds. The van der Waals surface area contributed by atoms with E-state index in [4.69, 9.17) is 4.74 Å². The van der Waals surface area contributed by atoms with Gasteiger partial charge in [-0.15, -0.1) is 5.10 Å². The lowest BCUT2D eigenvalue weighted by Gasteiger charge is -2.32. The van der Waals surface area contributed by atoms with Crippen LogP contribution in [0.3, 0.4) is 0 Å². The van der Waals surface area contributed by atoms with Crippen LogP contribution in [-0.2, 0) is 10.3 Å². The minimum atomic E-state index is -4.99. The molecule has 5 nitrogen and oxygen atoms in total. The SMILES string of the molecule is COC(C(=O)n1nnc2ccccc21)(c1ccccc1)C(F)(F)F. The Balaban J connectivity index is 2.25. The number of rotatable bonds is 3. The van der Waals surface area contributed by atoms with Gasteiger partial charge in [0, 0.05) is 12.7 Å². The van der Waals surface area contributed by atoms with E-state index in [0.717, 1.165) is 7.11 Å². The summed E-state index contributed by atoms with van der Waals surface area (Å²) in [5, 5.41) is 7.32. The van der Waals surface area contributed by atoms with Crippen LogP contribution >= 0.6 is 0 Å². The van der Waals surface area contributed by atoms with Gasteiger partial charge in [-0.05, 0) is 12.1 Å². The number of hydrogen-bond acceptors (Lipinski definition) is 4. The van der Waals surface area contributed by atoms with E-state index in [9.17, 15) is 18.0 Å². The molecule has 0 aliphatic carbocycles. The fourth-order valence-electron chi connectivity index (χ4n) is 2.57. The van der Waals surface area contributed by atoms with Gasteiger partial charge in [0.1, 0.15) is 5.52 Å². The number of methoxy groups -OCH3 is 1. The normalized spacial score (nSPS) is 14.5. The summed E-state index contributed by atoms with van der Waals surface area (Å²) in [6, 6.07) is 13.0. The van der Waals surface area contributed by atoms with Gasteiger partial charge in [-0.25, -0.2) is 0 Å². The molecular weight excluding hydrogens is 323 g/mol. The van der Waals surface area contributed by atoms with Gasteiger partial charge in [-0.3, -0.25) is 4.79 Å². The first-order chi connectivity index (χ1) is 11.4. The average molecular weight is 335 g/mol. The van der Waals surface area contributed by atoms with Crippen molar-refractivity contribution in [2.24, 2.45) is 0 Å². The maximum Gasteiger partial charge on any atom is 0.431 e. The van der Waals surface area contributed by atoms with Crippen LogP contribution in [0.1, 0.15) is 10.4 Å². The van der Waals surface area contributed by atoms with Crippen molar-refractivity contribution < 1.29 is 22.7 Å². The first-order valence-corrected chi connectivity index (χ1v) is 6.94. The average Bonchev–Trinajstić information content (AvgIpc) is 2.99. The predicted octanol–water partition coefficient (Wildman–Crippen LogP) is 3.18. The second-order valence-corrected chi connectivity index (χ2v) is 5.04. The Labute approximate surface area is 134 Å². The van der Waals surface area contributed by atoms with Gasteiger partial charge < -0.3 is 4.74 Å². The Morgan fingerprint density at radius 1 is 1.04 bits per heavy atom. The van der Waals surface area contributed by atoms with Crippen LogP contribution in [0, 0.1) is 0 Å². The molecule has 2 aromatic carbocycles. The maximum absolute atomic E-state index is 13.9. The number of fused-ring (bicyclic) bond motifs is 1. The summed E-state index contributed by atoms with van der Waals surface area (Å²) in [4.78, 5) is 12.8. The van der Waals surface area contributed by atoms with Gasteiger partial charge in [-0.1, -0.05) is 47.7 Å². The highest BCUT2D eigenvalue weighted by molar-refractivity contribution is 5.95. The number of halogens is 3. The molecule has 0 N–H and O–H groups in total. The van der Waals surface area contributed by atoms with Crippen molar-refractivity contribution in [2.45, 2.75) is 11.8 Å². The van der Waals surface area contributed by atoms with Crippen molar-refractivity contribution in [1.82, 2.24) is 15.0 Å². The number of nitrogens with zero attached hydrogens (tertiary/aromatic N) is 3. The molecule has 1 atom stereocenters. The van der Waals surface area contributed by atoms with E-state index < -0.39 is 17.7 Å². The maximum atomic E-state index is 13.9. The zero-order valence-electron chi connectivity index (χ0n) is 12.5. The molecule has 0 spiro atoms. The summed E-state index contributed by atoms with van der Waals surface area (Å²) in [6.45, 7) is 0. The van der Waals surface area contributed by atoms with Gasteiger partial charge in [-0.2, -0.15) is 17.9 Å². The van der Waals surface area contributed by atoms with Crippen molar-refractivity contribution >= 4 is 16.9 Å². The van der Waals surface area contributed by atoms with Gasteiger partial charge in [0.15, 0.2) is 0 Å². The summed E-state index contributed by atoms with van der Waals surface area (Å²) in [6.07, 6.45) is -4.99. The molecule has 0 aliphatic heterocycles. The summed E-state index contributed by atoms with van der Waals surface area (Å²) in [5.41, 5.74) is -3.02. The van der Waals surface area contributed by atoms with E-state index in [1.807, 2.05) is 0 Å². The number of alkyl halides is 3. The molecule has 0 bridgehead atoms. The Kier molecular flexibility index (Phi) is 3.84. The minimum absolute atomic E-state index is 0.170. The third-order valence-electron chi connectivity index (χ3n) is 3.73. The van der Waals surface area contributed by atoms with Crippen LogP contribution in [0.4, 0.5) is 13.2 Å². The third kappa shape index (κ3) is 2.26. The molecule has 1 aromatic heterocycles. The largest absolute Gasteiger partial charge is 0.431 e. The topological polar surface area (TPSA) is 57.0 Å². The molecule has 24 heavy (non-hydrogen) atoms. The van der Waals surface area contributed by atoms with E-state index >= 15 is 0 Å². The molecule has 3 rings (SSSR count). The second-order valence-electron chi connectivity index (χ2n) is 5.04. The smallest absolute Gasteiger partial charge is 0.356 e. The van der Waals surface area contributed by atoms with E-state index in [1.165, 1.54) is 30.3 Å². The number of benzene rings is 2. The van der Waals surface area contributed by atoms with Gasteiger partial charge >= 0.3 is 6.18 Å². The van der Waals surface area contributed by atoms with Crippen LogP contribution in [0.5, 0.6) is 0 Å². The Hall–Kier alpha value is -2.74. The van der Waals surface area contributed by atoms with Crippen LogP contribution in [0.2, 0.25) is 0 Å². The van der Waals surface area contributed by atoms with Crippen molar-refractivity contribution in [1.29, 1.82) is 0 Å².